The molecule has 4 nitrogen and oxygen atoms in total. The molecule has 0 aromatic heterocycles. The monoisotopic (exact) mass is 466 g/mol. The number of hydrogen-bond donors (Lipinski definition) is 0. The van der Waals surface area contributed by atoms with Gasteiger partial charge in [-0.25, -0.2) is 0 Å². The van der Waals surface area contributed by atoms with Crippen LogP contribution in [0, 0.1) is 23.7 Å². The number of ether oxygens (including phenoxy) is 2. The first kappa shape index (κ1) is 30.0. The van der Waals surface area contributed by atoms with E-state index in [1.54, 1.807) is 0 Å². The van der Waals surface area contributed by atoms with Gasteiger partial charge in [0.1, 0.15) is 0 Å². The third-order valence-corrected chi connectivity index (χ3v) is 7.39. The molecule has 0 N–H and O–H groups in total. The third-order valence-electron chi connectivity index (χ3n) is 7.39. The Hall–Kier alpha value is -1.06. The standard InChI is InChI=1S/C29H54O4/c1-5-7-9-11-13-15-17-19-21-32-28(30)26-24(3)23-25(4)27(26)29(31)33-22-20-18-16-14-12-10-8-6-2/h24-27H,5-23H2,1-4H3. The summed E-state index contributed by atoms with van der Waals surface area (Å²) in [7, 11) is 0. The second-order valence-electron chi connectivity index (χ2n) is 10.5. The van der Waals surface area contributed by atoms with Crippen LogP contribution in [0.1, 0.15) is 137 Å². The van der Waals surface area contributed by atoms with Gasteiger partial charge in [0, 0.05) is 0 Å². The zero-order valence-corrected chi connectivity index (χ0v) is 22.4. The molecule has 0 spiro atoms. The lowest BCUT2D eigenvalue weighted by atomic mass is 9.88. The molecule has 1 saturated carbocycles. The van der Waals surface area contributed by atoms with Crippen molar-refractivity contribution >= 4 is 11.9 Å². The highest BCUT2D eigenvalue weighted by Gasteiger charge is 2.48. The molecular weight excluding hydrogens is 412 g/mol. The van der Waals surface area contributed by atoms with E-state index < -0.39 is 0 Å². The summed E-state index contributed by atoms with van der Waals surface area (Å²) in [5.41, 5.74) is 0. The highest BCUT2D eigenvalue weighted by atomic mass is 16.5. The van der Waals surface area contributed by atoms with Gasteiger partial charge in [-0.05, 0) is 31.1 Å². The molecule has 0 aromatic carbocycles. The highest BCUT2D eigenvalue weighted by molar-refractivity contribution is 5.83. The molecular formula is C29H54O4. The fourth-order valence-electron chi connectivity index (χ4n) is 5.36. The van der Waals surface area contributed by atoms with Crippen LogP contribution in [0.4, 0.5) is 0 Å². The van der Waals surface area contributed by atoms with Gasteiger partial charge in [-0.2, -0.15) is 0 Å². The Morgan fingerprint density at radius 1 is 0.545 bits per heavy atom. The Kier molecular flexibility index (Phi) is 17.5. The van der Waals surface area contributed by atoms with E-state index in [4.69, 9.17) is 9.47 Å². The number of carbonyl (C=O) groups excluding carboxylic acids is 2. The van der Waals surface area contributed by atoms with Gasteiger partial charge in [-0.3, -0.25) is 9.59 Å². The molecule has 0 saturated heterocycles. The van der Waals surface area contributed by atoms with Crippen LogP contribution in [0.5, 0.6) is 0 Å². The smallest absolute Gasteiger partial charge is 0.310 e. The molecule has 0 aliphatic heterocycles. The summed E-state index contributed by atoms with van der Waals surface area (Å²) >= 11 is 0. The van der Waals surface area contributed by atoms with Gasteiger partial charge < -0.3 is 9.47 Å². The molecule has 33 heavy (non-hydrogen) atoms. The second kappa shape index (κ2) is 19.3. The number of unbranched alkanes of at least 4 members (excludes halogenated alkanes) is 14. The van der Waals surface area contributed by atoms with Crippen molar-refractivity contribution in [3.8, 4) is 0 Å². The van der Waals surface area contributed by atoms with Crippen molar-refractivity contribution in [2.75, 3.05) is 13.2 Å². The number of carbonyl (C=O) groups is 2. The Balaban J connectivity index is 2.25. The number of hydrogen-bond acceptors (Lipinski definition) is 4. The van der Waals surface area contributed by atoms with Crippen LogP contribution in [0.2, 0.25) is 0 Å². The van der Waals surface area contributed by atoms with Gasteiger partial charge in [0.25, 0.3) is 0 Å². The second-order valence-corrected chi connectivity index (χ2v) is 10.5. The molecule has 0 amide bonds. The van der Waals surface area contributed by atoms with E-state index in [1.165, 1.54) is 77.0 Å². The van der Waals surface area contributed by atoms with Crippen LogP contribution in [0.3, 0.4) is 0 Å². The molecule has 1 fully saturated rings. The van der Waals surface area contributed by atoms with Crippen LogP contribution in [0.15, 0.2) is 0 Å². The fraction of sp³-hybridized carbons (Fsp3) is 0.931. The minimum Gasteiger partial charge on any atom is -0.465 e. The maximum absolute atomic E-state index is 12.8. The van der Waals surface area contributed by atoms with Crippen molar-refractivity contribution in [3.05, 3.63) is 0 Å². The van der Waals surface area contributed by atoms with Crippen LogP contribution < -0.4 is 0 Å². The van der Waals surface area contributed by atoms with Crippen molar-refractivity contribution in [2.24, 2.45) is 23.7 Å². The van der Waals surface area contributed by atoms with Crippen LogP contribution in [-0.4, -0.2) is 25.2 Å². The van der Waals surface area contributed by atoms with Crippen LogP contribution in [-0.2, 0) is 19.1 Å². The molecule has 194 valence electrons. The summed E-state index contributed by atoms with van der Waals surface area (Å²) in [5.74, 6) is -0.730. The molecule has 4 atom stereocenters. The molecule has 0 radical (unpaired) electrons. The van der Waals surface area contributed by atoms with Crippen molar-refractivity contribution in [1.29, 1.82) is 0 Å². The SMILES string of the molecule is CCCCCCCCCCOC(=O)C1C(C)CC(C)C1C(=O)OCCCCCCCCCC. The van der Waals surface area contributed by atoms with E-state index >= 15 is 0 Å². The average molecular weight is 467 g/mol. The molecule has 4 heteroatoms. The van der Waals surface area contributed by atoms with Gasteiger partial charge >= 0.3 is 11.9 Å². The van der Waals surface area contributed by atoms with Crippen LogP contribution >= 0.6 is 0 Å². The van der Waals surface area contributed by atoms with Crippen molar-refractivity contribution in [2.45, 2.75) is 137 Å². The third kappa shape index (κ3) is 12.8. The van der Waals surface area contributed by atoms with E-state index in [-0.39, 0.29) is 35.6 Å². The summed E-state index contributed by atoms with van der Waals surface area (Å²) < 4.78 is 11.2. The number of rotatable bonds is 20. The molecule has 0 bridgehead atoms. The normalized spacial score (nSPS) is 22.4. The van der Waals surface area contributed by atoms with Crippen LogP contribution in [0.25, 0.3) is 0 Å². The Bertz CT molecular complexity index is 460. The number of esters is 2. The lowest BCUT2D eigenvalue weighted by Gasteiger charge is -2.22. The minimum atomic E-state index is -0.347. The van der Waals surface area contributed by atoms with Gasteiger partial charge in [0.05, 0.1) is 25.0 Å². The quantitative estimate of drug-likeness (QED) is 0.134. The first-order chi connectivity index (χ1) is 16.0. The largest absolute Gasteiger partial charge is 0.465 e. The molecule has 1 aliphatic rings. The van der Waals surface area contributed by atoms with E-state index in [9.17, 15) is 9.59 Å². The van der Waals surface area contributed by atoms with E-state index in [2.05, 4.69) is 27.7 Å². The zero-order chi connectivity index (χ0) is 24.3. The zero-order valence-electron chi connectivity index (χ0n) is 22.4. The van der Waals surface area contributed by atoms with E-state index in [1.807, 2.05) is 0 Å². The fourth-order valence-corrected chi connectivity index (χ4v) is 5.36. The highest BCUT2D eigenvalue weighted by Crippen LogP contribution is 2.42. The van der Waals surface area contributed by atoms with Crippen molar-refractivity contribution in [3.63, 3.8) is 0 Å². The van der Waals surface area contributed by atoms with Crippen molar-refractivity contribution in [1.82, 2.24) is 0 Å². The maximum Gasteiger partial charge on any atom is 0.310 e. The predicted molar refractivity (Wildman–Crippen MR) is 137 cm³/mol. The summed E-state index contributed by atoms with van der Waals surface area (Å²) in [6.07, 6.45) is 20.4. The summed E-state index contributed by atoms with van der Waals surface area (Å²) in [5, 5.41) is 0. The lowest BCUT2D eigenvalue weighted by molar-refractivity contribution is -0.161. The predicted octanol–water partition coefficient (Wildman–Crippen LogP) is 8.26. The maximum atomic E-state index is 12.8. The molecule has 1 aliphatic carbocycles. The van der Waals surface area contributed by atoms with Gasteiger partial charge in [-0.15, -0.1) is 0 Å². The first-order valence-corrected chi connectivity index (χ1v) is 14.4. The summed E-state index contributed by atoms with van der Waals surface area (Å²) in [6.45, 7) is 9.58. The summed E-state index contributed by atoms with van der Waals surface area (Å²) in [6, 6.07) is 0. The molecule has 4 unspecified atom stereocenters. The van der Waals surface area contributed by atoms with Gasteiger partial charge in [0.15, 0.2) is 0 Å². The summed E-state index contributed by atoms with van der Waals surface area (Å²) in [4.78, 5) is 25.6. The lowest BCUT2D eigenvalue weighted by Crippen LogP contribution is -2.33. The first-order valence-electron chi connectivity index (χ1n) is 14.4. The minimum absolute atomic E-state index is 0.173. The van der Waals surface area contributed by atoms with Gasteiger partial charge in [0.2, 0.25) is 0 Å². The Morgan fingerprint density at radius 3 is 1.18 bits per heavy atom. The van der Waals surface area contributed by atoms with E-state index in [0.29, 0.717) is 13.2 Å². The molecule has 1 rings (SSSR count). The molecule has 0 heterocycles. The van der Waals surface area contributed by atoms with Gasteiger partial charge in [-0.1, -0.05) is 118 Å². The molecule has 0 aromatic rings. The Morgan fingerprint density at radius 2 is 0.848 bits per heavy atom. The topological polar surface area (TPSA) is 52.6 Å². The van der Waals surface area contributed by atoms with Crippen molar-refractivity contribution < 1.29 is 19.1 Å². The Labute approximate surface area is 205 Å². The average Bonchev–Trinajstić information content (AvgIpc) is 3.10. The van der Waals surface area contributed by atoms with E-state index in [0.717, 1.165) is 32.1 Å².